The van der Waals surface area contributed by atoms with E-state index in [4.69, 9.17) is 4.74 Å². The van der Waals surface area contributed by atoms with Crippen molar-refractivity contribution in [3.8, 4) is 0 Å². The van der Waals surface area contributed by atoms with E-state index < -0.39 is 0 Å². The minimum Gasteiger partial charge on any atom is -0.378 e. The van der Waals surface area contributed by atoms with Crippen molar-refractivity contribution in [2.45, 2.75) is 125 Å². The van der Waals surface area contributed by atoms with E-state index in [0.29, 0.717) is 16.9 Å². The van der Waals surface area contributed by atoms with E-state index in [1.54, 1.807) is 0 Å². The molecule has 0 spiro atoms. The first-order valence-corrected chi connectivity index (χ1v) is 14.3. The summed E-state index contributed by atoms with van der Waals surface area (Å²) in [4.78, 5) is 0. The SMILES string of the molecule is CCO[C@@H]1CC([C@H](C)CCCC(C)C)C2(C)CCC3C(CC[C@H]4CC(C)CCC34C)C12. The predicted octanol–water partition coefficient (Wildman–Crippen LogP) is 8.76. The predicted molar refractivity (Wildman–Crippen MR) is 133 cm³/mol. The summed E-state index contributed by atoms with van der Waals surface area (Å²) in [7, 11) is 0. The molecule has 0 aromatic carbocycles. The summed E-state index contributed by atoms with van der Waals surface area (Å²) >= 11 is 0. The monoisotopic (exact) mass is 430 g/mol. The van der Waals surface area contributed by atoms with Crippen molar-refractivity contribution >= 4 is 0 Å². The van der Waals surface area contributed by atoms with Crippen molar-refractivity contribution in [1.29, 1.82) is 0 Å². The first kappa shape index (κ1) is 24.1. The van der Waals surface area contributed by atoms with E-state index in [2.05, 4.69) is 48.5 Å². The molecule has 31 heavy (non-hydrogen) atoms. The van der Waals surface area contributed by atoms with Crippen LogP contribution in [0.3, 0.4) is 0 Å². The molecule has 4 rings (SSSR count). The Labute approximate surface area is 194 Å². The first-order chi connectivity index (χ1) is 14.7. The molecule has 0 amide bonds. The van der Waals surface area contributed by atoms with Crippen LogP contribution in [0.2, 0.25) is 0 Å². The van der Waals surface area contributed by atoms with Crippen LogP contribution in [0.4, 0.5) is 0 Å². The summed E-state index contributed by atoms with van der Waals surface area (Å²) in [5, 5.41) is 0. The highest BCUT2D eigenvalue weighted by atomic mass is 16.5. The van der Waals surface area contributed by atoms with E-state index in [-0.39, 0.29) is 0 Å². The van der Waals surface area contributed by atoms with Gasteiger partial charge in [0.25, 0.3) is 0 Å². The molecule has 0 bridgehead atoms. The van der Waals surface area contributed by atoms with Gasteiger partial charge in [-0.2, -0.15) is 0 Å². The summed E-state index contributed by atoms with van der Waals surface area (Å²) in [6, 6.07) is 0. The van der Waals surface area contributed by atoms with Gasteiger partial charge in [-0.05, 0) is 110 Å². The minimum absolute atomic E-state index is 0.517. The maximum Gasteiger partial charge on any atom is 0.0614 e. The van der Waals surface area contributed by atoms with Crippen LogP contribution >= 0.6 is 0 Å². The molecule has 4 aliphatic rings. The summed E-state index contributed by atoms with van der Waals surface area (Å²) < 4.78 is 6.60. The van der Waals surface area contributed by atoms with Crippen LogP contribution in [0.1, 0.15) is 119 Å². The van der Waals surface area contributed by atoms with Gasteiger partial charge in [0, 0.05) is 6.61 Å². The second-order valence-electron chi connectivity index (χ2n) is 13.6. The van der Waals surface area contributed by atoms with Gasteiger partial charge in [0.1, 0.15) is 0 Å². The molecule has 4 saturated carbocycles. The molecule has 0 radical (unpaired) electrons. The average Bonchev–Trinajstić information content (AvgIpc) is 3.01. The van der Waals surface area contributed by atoms with Gasteiger partial charge in [-0.3, -0.25) is 0 Å². The Kier molecular flexibility index (Phi) is 7.23. The van der Waals surface area contributed by atoms with E-state index in [1.807, 2.05) is 0 Å². The van der Waals surface area contributed by atoms with Gasteiger partial charge in [0.2, 0.25) is 0 Å². The largest absolute Gasteiger partial charge is 0.378 e. The lowest BCUT2D eigenvalue weighted by Crippen LogP contribution is -2.55. The van der Waals surface area contributed by atoms with E-state index in [9.17, 15) is 0 Å². The molecule has 7 unspecified atom stereocenters. The fourth-order valence-electron chi connectivity index (χ4n) is 9.87. The molecular weight excluding hydrogens is 376 g/mol. The maximum absolute atomic E-state index is 6.60. The molecule has 180 valence electrons. The van der Waals surface area contributed by atoms with Crippen LogP contribution in [0.25, 0.3) is 0 Å². The van der Waals surface area contributed by atoms with Crippen molar-refractivity contribution < 1.29 is 4.74 Å². The lowest BCUT2D eigenvalue weighted by molar-refractivity contribution is -0.142. The minimum atomic E-state index is 0.517. The Morgan fingerprint density at radius 1 is 0.903 bits per heavy atom. The van der Waals surface area contributed by atoms with Crippen molar-refractivity contribution in [2.75, 3.05) is 6.61 Å². The fraction of sp³-hybridized carbons (Fsp3) is 1.00. The van der Waals surface area contributed by atoms with Gasteiger partial charge < -0.3 is 4.74 Å². The first-order valence-electron chi connectivity index (χ1n) is 14.3. The van der Waals surface area contributed by atoms with Crippen molar-refractivity contribution in [2.24, 2.45) is 58.2 Å². The highest BCUT2D eigenvalue weighted by Gasteiger charge is 2.63. The van der Waals surface area contributed by atoms with Gasteiger partial charge in [-0.1, -0.05) is 67.2 Å². The maximum atomic E-state index is 6.60. The number of hydrogen-bond donors (Lipinski definition) is 0. The normalized spacial score (nSPS) is 48.2. The summed E-state index contributed by atoms with van der Waals surface area (Å²) in [6.07, 6.45) is 16.6. The lowest BCUT2D eigenvalue weighted by atomic mass is 9.44. The second kappa shape index (κ2) is 9.31. The molecule has 0 N–H and O–H groups in total. The number of hydrogen-bond acceptors (Lipinski definition) is 1. The molecule has 0 heterocycles. The Bertz CT molecular complexity index is 597. The smallest absolute Gasteiger partial charge is 0.0614 e. The van der Waals surface area contributed by atoms with Crippen molar-refractivity contribution in [1.82, 2.24) is 0 Å². The zero-order valence-electron chi connectivity index (χ0n) is 22.1. The molecular formula is C30H54O. The second-order valence-corrected chi connectivity index (χ2v) is 13.6. The van der Waals surface area contributed by atoms with E-state index in [0.717, 1.165) is 54.0 Å². The zero-order chi connectivity index (χ0) is 22.4. The highest BCUT2D eigenvalue weighted by Crippen LogP contribution is 2.69. The third kappa shape index (κ3) is 4.28. The van der Waals surface area contributed by atoms with Crippen LogP contribution in [0, 0.1) is 58.2 Å². The van der Waals surface area contributed by atoms with Crippen molar-refractivity contribution in [3.63, 3.8) is 0 Å². The molecule has 4 aliphatic carbocycles. The van der Waals surface area contributed by atoms with Gasteiger partial charge >= 0.3 is 0 Å². The van der Waals surface area contributed by atoms with Gasteiger partial charge in [-0.15, -0.1) is 0 Å². The Morgan fingerprint density at radius 3 is 2.35 bits per heavy atom. The molecule has 1 nitrogen and oxygen atoms in total. The zero-order valence-corrected chi connectivity index (χ0v) is 22.1. The summed E-state index contributed by atoms with van der Waals surface area (Å²) in [6.45, 7) is 18.4. The topological polar surface area (TPSA) is 9.23 Å². The van der Waals surface area contributed by atoms with Gasteiger partial charge in [0.15, 0.2) is 0 Å². The Morgan fingerprint density at radius 2 is 1.65 bits per heavy atom. The molecule has 0 saturated heterocycles. The molecule has 1 heteroatoms. The van der Waals surface area contributed by atoms with Crippen LogP contribution in [-0.2, 0) is 4.74 Å². The fourth-order valence-corrected chi connectivity index (χ4v) is 9.87. The quantitative estimate of drug-likeness (QED) is 0.392. The third-order valence-corrected chi connectivity index (χ3v) is 11.5. The molecule has 10 atom stereocenters. The molecule has 0 aromatic heterocycles. The Balaban J connectivity index is 1.55. The van der Waals surface area contributed by atoms with Gasteiger partial charge in [-0.25, -0.2) is 0 Å². The van der Waals surface area contributed by atoms with E-state index >= 15 is 0 Å². The van der Waals surface area contributed by atoms with Crippen LogP contribution in [-0.4, -0.2) is 12.7 Å². The van der Waals surface area contributed by atoms with Gasteiger partial charge in [0.05, 0.1) is 6.10 Å². The van der Waals surface area contributed by atoms with Crippen LogP contribution in [0.5, 0.6) is 0 Å². The number of rotatable bonds is 7. The van der Waals surface area contributed by atoms with Crippen LogP contribution < -0.4 is 0 Å². The number of fused-ring (bicyclic) bond motifs is 5. The Hall–Kier alpha value is -0.0400. The molecule has 0 aliphatic heterocycles. The highest BCUT2D eigenvalue weighted by molar-refractivity contribution is 5.12. The van der Waals surface area contributed by atoms with E-state index in [1.165, 1.54) is 70.6 Å². The molecule has 4 fully saturated rings. The lowest BCUT2D eigenvalue weighted by Gasteiger charge is -2.61. The number of ether oxygens (including phenoxy) is 1. The third-order valence-electron chi connectivity index (χ3n) is 11.5. The molecule has 0 aromatic rings. The average molecular weight is 431 g/mol. The summed E-state index contributed by atoms with van der Waals surface area (Å²) in [5.74, 6) is 7.25. The summed E-state index contributed by atoms with van der Waals surface area (Å²) in [5.41, 5.74) is 1.14. The standard InChI is InChI=1S/C30H54O/c1-8-31-27-19-26(22(5)11-9-10-20(2)3)30(7)17-15-25-24(28(27)30)13-12-23-18-21(4)14-16-29(23,25)6/h20-28H,8-19H2,1-7H3/t21?,22-,23+,24?,25?,26?,27-,28?,29?,30?/m1/s1. The van der Waals surface area contributed by atoms with Crippen LogP contribution in [0.15, 0.2) is 0 Å². The van der Waals surface area contributed by atoms with Crippen molar-refractivity contribution in [3.05, 3.63) is 0 Å².